The van der Waals surface area contributed by atoms with Crippen molar-refractivity contribution in [1.82, 2.24) is 9.55 Å². The summed E-state index contributed by atoms with van der Waals surface area (Å²) in [6.07, 6.45) is 2.65. The van der Waals surface area contributed by atoms with Crippen molar-refractivity contribution < 1.29 is 14.3 Å². The first kappa shape index (κ1) is 22.1. The van der Waals surface area contributed by atoms with Gasteiger partial charge in [0.15, 0.2) is 0 Å². The van der Waals surface area contributed by atoms with E-state index < -0.39 is 23.0 Å². The quantitative estimate of drug-likeness (QED) is 0.439. The number of aromatic nitrogens is 2. The Bertz CT molecular complexity index is 1050. The lowest BCUT2D eigenvalue weighted by atomic mass is 9.99. The fraction of sp³-hybridized carbons (Fsp3) is 0.364. The number of hydrogen-bond acceptors (Lipinski definition) is 5. The third-order valence-corrected chi connectivity index (χ3v) is 4.24. The molecule has 7 nitrogen and oxygen atoms in total. The van der Waals surface area contributed by atoms with Gasteiger partial charge in [-0.3, -0.25) is 19.1 Å². The zero-order valence-electron chi connectivity index (χ0n) is 17.4. The summed E-state index contributed by atoms with van der Waals surface area (Å²) >= 11 is 0. The summed E-state index contributed by atoms with van der Waals surface area (Å²) in [5, 5.41) is 0. The van der Waals surface area contributed by atoms with Gasteiger partial charge in [-0.2, -0.15) is 0 Å². The van der Waals surface area contributed by atoms with E-state index in [0.29, 0.717) is 5.56 Å². The van der Waals surface area contributed by atoms with Crippen LogP contribution >= 0.6 is 0 Å². The monoisotopic (exact) mass is 398 g/mol. The summed E-state index contributed by atoms with van der Waals surface area (Å²) in [7, 11) is 0. The Kier molecular flexibility index (Phi) is 7.09. The Labute approximate surface area is 169 Å². The average molecular weight is 398 g/mol. The highest BCUT2D eigenvalue weighted by atomic mass is 16.5. The molecule has 0 spiro atoms. The van der Waals surface area contributed by atoms with Crippen LogP contribution in [-0.2, 0) is 22.5 Å². The van der Waals surface area contributed by atoms with Gasteiger partial charge in [-0.25, -0.2) is 9.59 Å². The molecule has 1 heterocycles. The van der Waals surface area contributed by atoms with Gasteiger partial charge in [0, 0.05) is 23.7 Å². The minimum Gasteiger partial charge on any atom is -0.460 e. The summed E-state index contributed by atoms with van der Waals surface area (Å²) in [5.74, 6) is -0.953. The highest BCUT2D eigenvalue weighted by Crippen LogP contribution is 2.15. The highest BCUT2D eigenvalue weighted by molar-refractivity contribution is 6.09. The minimum absolute atomic E-state index is 0.0353. The maximum Gasteiger partial charge on any atom is 0.330 e. The van der Waals surface area contributed by atoms with Gasteiger partial charge >= 0.3 is 11.7 Å². The maximum atomic E-state index is 13.3. The Balaban J connectivity index is 2.56. The summed E-state index contributed by atoms with van der Waals surface area (Å²) in [6.45, 7) is 8.89. The van der Waals surface area contributed by atoms with Gasteiger partial charge in [-0.15, -0.1) is 0 Å². The molecule has 2 aromatic rings. The molecule has 0 saturated heterocycles. The Hall–Kier alpha value is -3.22. The Morgan fingerprint density at radius 1 is 1.14 bits per heavy atom. The van der Waals surface area contributed by atoms with Gasteiger partial charge < -0.3 is 4.74 Å². The molecule has 0 radical (unpaired) electrons. The van der Waals surface area contributed by atoms with Crippen molar-refractivity contribution in [3.8, 4) is 0 Å². The van der Waals surface area contributed by atoms with Gasteiger partial charge in [0.05, 0.1) is 6.10 Å². The first-order valence-corrected chi connectivity index (χ1v) is 9.50. The molecule has 0 unspecified atom stereocenters. The van der Waals surface area contributed by atoms with Gasteiger partial charge in [0.25, 0.3) is 5.56 Å². The molecule has 29 heavy (non-hydrogen) atoms. The number of aromatic amines is 1. The molecule has 7 heteroatoms. The number of carbonyl (C=O) groups is 2. The number of ketones is 1. The lowest BCUT2D eigenvalue weighted by molar-refractivity contribution is -0.141. The number of carbonyl (C=O) groups excluding carboxylic acids is 2. The van der Waals surface area contributed by atoms with E-state index >= 15 is 0 Å². The predicted molar refractivity (Wildman–Crippen MR) is 110 cm³/mol. The van der Waals surface area contributed by atoms with Gasteiger partial charge in [0.1, 0.15) is 5.69 Å². The van der Waals surface area contributed by atoms with Crippen molar-refractivity contribution in [2.75, 3.05) is 0 Å². The van der Waals surface area contributed by atoms with Crippen LogP contribution in [0, 0.1) is 13.8 Å². The van der Waals surface area contributed by atoms with E-state index in [9.17, 15) is 19.2 Å². The van der Waals surface area contributed by atoms with E-state index in [1.54, 1.807) is 32.9 Å². The number of ether oxygens (including phenoxy) is 1. The average Bonchev–Trinajstić information content (AvgIpc) is 2.61. The van der Waals surface area contributed by atoms with E-state index in [1.165, 1.54) is 16.7 Å². The zero-order valence-corrected chi connectivity index (χ0v) is 17.4. The summed E-state index contributed by atoms with van der Waals surface area (Å²) in [4.78, 5) is 52.0. The molecule has 2 rings (SSSR count). The fourth-order valence-corrected chi connectivity index (χ4v) is 3.14. The zero-order chi connectivity index (χ0) is 21.7. The van der Waals surface area contributed by atoms with Crippen LogP contribution in [0.1, 0.15) is 53.5 Å². The van der Waals surface area contributed by atoms with Crippen LogP contribution in [0.5, 0.6) is 0 Å². The number of hydrogen-bond donors (Lipinski definition) is 1. The first-order valence-electron chi connectivity index (χ1n) is 9.50. The third kappa shape index (κ3) is 5.40. The standard InChI is InChI=1S/C22H26N2O5/c1-6-17-19(20(26)16-11-14(4)10-15(5)12-16)24(22(28)23-21(17)27)9-7-8-18(25)29-13(2)3/h7-8,10-13H,6,9H2,1-5H3,(H,23,27,28). The SMILES string of the molecule is CCc1c(C(=O)c2cc(C)cc(C)c2)n(CC=CC(=O)OC(C)C)c(=O)[nH]c1=O. The molecule has 1 aromatic heterocycles. The number of aryl methyl sites for hydroxylation is 2. The molecule has 0 aliphatic carbocycles. The first-order chi connectivity index (χ1) is 13.6. The van der Waals surface area contributed by atoms with E-state index in [4.69, 9.17) is 4.74 Å². The molecule has 0 bridgehead atoms. The number of nitrogens with one attached hydrogen (secondary N) is 1. The topological polar surface area (TPSA) is 98.2 Å². The maximum absolute atomic E-state index is 13.3. The van der Waals surface area contributed by atoms with Gasteiger partial charge in [-0.05, 0) is 46.2 Å². The van der Waals surface area contributed by atoms with Crippen molar-refractivity contribution in [2.45, 2.75) is 53.7 Å². The van der Waals surface area contributed by atoms with Crippen LogP contribution < -0.4 is 11.2 Å². The van der Waals surface area contributed by atoms with E-state index in [0.717, 1.165) is 11.1 Å². The largest absolute Gasteiger partial charge is 0.460 e. The molecule has 0 aliphatic rings. The second-order valence-corrected chi connectivity index (χ2v) is 7.14. The van der Waals surface area contributed by atoms with Crippen molar-refractivity contribution in [3.05, 3.63) is 79.1 Å². The van der Waals surface area contributed by atoms with Crippen LogP contribution in [-0.4, -0.2) is 27.4 Å². The van der Waals surface area contributed by atoms with Crippen LogP contribution in [0.2, 0.25) is 0 Å². The Morgan fingerprint density at radius 2 is 1.76 bits per heavy atom. The lowest BCUT2D eigenvalue weighted by Crippen LogP contribution is -2.37. The van der Waals surface area contributed by atoms with Crippen LogP contribution in [0.4, 0.5) is 0 Å². The molecule has 0 amide bonds. The number of allylic oxidation sites excluding steroid dienone is 1. The molecule has 154 valence electrons. The lowest BCUT2D eigenvalue weighted by Gasteiger charge is -2.14. The molecule has 1 aromatic carbocycles. The minimum atomic E-state index is -0.707. The van der Waals surface area contributed by atoms with Crippen molar-refractivity contribution in [2.24, 2.45) is 0 Å². The summed E-state index contributed by atoms with van der Waals surface area (Å²) < 4.78 is 6.20. The molecule has 0 saturated carbocycles. The van der Waals surface area contributed by atoms with E-state index in [1.807, 2.05) is 19.9 Å². The molecule has 0 atom stereocenters. The number of rotatable bonds is 7. The van der Waals surface area contributed by atoms with Crippen molar-refractivity contribution >= 4 is 11.8 Å². The number of esters is 1. The summed E-state index contributed by atoms with van der Waals surface area (Å²) in [5.41, 5.74) is 1.19. The third-order valence-electron chi connectivity index (χ3n) is 4.24. The highest BCUT2D eigenvalue weighted by Gasteiger charge is 2.21. The second kappa shape index (κ2) is 9.32. The van der Waals surface area contributed by atoms with Crippen LogP contribution in [0.25, 0.3) is 0 Å². The molecule has 1 N–H and O–H groups in total. The predicted octanol–water partition coefficient (Wildman–Crippen LogP) is 2.45. The second-order valence-electron chi connectivity index (χ2n) is 7.14. The van der Waals surface area contributed by atoms with E-state index in [-0.39, 0.29) is 30.3 Å². The van der Waals surface area contributed by atoms with Crippen molar-refractivity contribution in [3.63, 3.8) is 0 Å². The van der Waals surface area contributed by atoms with Gasteiger partial charge in [0.2, 0.25) is 5.78 Å². The summed E-state index contributed by atoms with van der Waals surface area (Å²) in [6, 6.07) is 5.38. The number of benzene rings is 1. The number of nitrogens with zero attached hydrogens (tertiary/aromatic N) is 1. The molecule has 0 fully saturated rings. The Morgan fingerprint density at radius 3 is 2.31 bits per heavy atom. The number of H-pyrrole nitrogens is 1. The van der Waals surface area contributed by atoms with Crippen molar-refractivity contribution in [1.29, 1.82) is 0 Å². The fourth-order valence-electron chi connectivity index (χ4n) is 3.14. The molecular formula is C22H26N2O5. The van der Waals surface area contributed by atoms with E-state index in [2.05, 4.69) is 4.98 Å². The normalized spacial score (nSPS) is 11.2. The van der Waals surface area contributed by atoms with Crippen LogP contribution in [0.3, 0.4) is 0 Å². The molecular weight excluding hydrogens is 372 g/mol. The van der Waals surface area contributed by atoms with Gasteiger partial charge in [-0.1, -0.05) is 30.2 Å². The molecule has 0 aliphatic heterocycles. The van der Waals surface area contributed by atoms with Crippen LogP contribution in [0.15, 0.2) is 39.9 Å². The smallest absolute Gasteiger partial charge is 0.330 e.